The van der Waals surface area contributed by atoms with Gasteiger partial charge in [0, 0.05) is 41.8 Å². The number of ether oxygens (including phenoxy) is 3. The molecule has 0 saturated heterocycles. The molecule has 2 heterocycles. The van der Waals surface area contributed by atoms with E-state index in [-0.39, 0.29) is 38.9 Å². The van der Waals surface area contributed by atoms with Crippen LogP contribution in [0, 0.1) is 0 Å². The molecule has 0 atom stereocenters. The Morgan fingerprint density at radius 3 is 2.33 bits per heavy atom. The molecular formula is C28H31F3N4O5. The Morgan fingerprint density at radius 1 is 0.950 bits per heavy atom. The van der Waals surface area contributed by atoms with Gasteiger partial charge in [-0.3, -0.25) is 14.0 Å². The number of halogens is 3. The van der Waals surface area contributed by atoms with Gasteiger partial charge in [0.05, 0.1) is 30.9 Å². The molecule has 0 aliphatic rings. The zero-order chi connectivity index (χ0) is 29.1. The first-order valence-corrected chi connectivity index (χ1v) is 12.6. The van der Waals surface area contributed by atoms with Gasteiger partial charge in [-0.05, 0) is 63.2 Å². The van der Waals surface area contributed by atoms with Gasteiger partial charge in [0.1, 0.15) is 12.2 Å². The zero-order valence-corrected chi connectivity index (χ0v) is 22.7. The number of aromatic nitrogens is 3. The first-order valence-electron chi connectivity index (χ1n) is 12.6. The smallest absolute Gasteiger partial charge is 0.416 e. The van der Waals surface area contributed by atoms with Crippen LogP contribution in [-0.2, 0) is 32.2 Å². The van der Waals surface area contributed by atoms with Crippen LogP contribution >= 0.6 is 0 Å². The van der Waals surface area contributed by atoms with Crippen molar-refractivity contribution >= 4 is 33.8 Å². The van der Waals surface area contributed by atoms with E-state index in [1.807, 2.05) is 0 Å². The topological polar surface area (TPSA) is 96.6 Å². The van der Waals surface area contributed by atoms with Crippen LogP contribution in [0.15, 0.2) is 48.7 Å². The summed E-state index contributed by atoms with van der Waals surface area (Å²) in [5, 5.41) is 8.80. The Labute approximate surface area is 228 Å². The summed E-state index contributed by atoms with van der Waals surface area (Å²) >= 11 is 0. The highest BCUT2D eigenvalue weighted by Crippen LogP contribution is 2.34. The van der Waals surface area contributed by atoms with E-state index in [4.69, 9.17) is 14.2 Å². The van der Waals surface area contributed by atoms with Crippen molar-refractivity contribution in [1.29, 1.82) is 0 Å². The number of carbonyl (C=O) groups excluding carboxylic acids is 2. The van der Waals surface area contributed by atoms with Crippen molar-refractivity contribution in [3.8, 4) is 5.69 Å². The van der Waals surface area contributed by atoms with Gasteiger partial charge in [-0.25, -0.2) is 4.79 Å². The number of hydrogen-bond acceptors (Lipinski definition) is 6. The summed E-state index contributed by atoms with van der Waals surface area (Å²) in [6.07, 6.45) is -2.63. The number of rotatable bonds is 10. The number of aryl methyl sites for hydroxylation is 1. The summed E-state index contributed by atoms with van der Waals surface area (Å²) in [7, 11) is 1.75. The van der Waals surface area contributed by atoms with E-state index in [1.54, 1.807) is 61.5 Å². The van der Waals surface area contributed by atoms with Gasteiger partial charge < -0.3 is 19.5 Å². The Balaban J connectivity index is 1.36. The number of esters is 1. The monoisotopic (exact) mass is 560 g/mol. The predicted molar refractivity (Wildman–Crippen MR) is 142 cm³/mol. The van der Waals surface area contributed by atoms with Crippen LogP contribution in [0.3, 0.4) is 0 Å². The molecule has 0 aliphatic heterocycles. The van der Waals surface area contributed by atoms with Gasteiger partial charge in [0.25, 0.3) is 5.91 Å². The lowest BCUT2D eigenvalue weighted by molar-refractivity contribution is -0.160. The summed E-state index contributed by atoms with van der Waals surface area (Å²) < 4.78 is 58.4. The van der Waals surface area contributed by atoms with Crippen molar-refractivity contribution in [2.24, 2.45) is 7.05 Å². The van der Waals surface area contributed by atoms with Crippen molar-refractivity contribution < 1.29 is 37.0 Å². The maximum atomic E-state index is 13.1. The van der Waals surface area contributed by atoms with Crippen LogP contribution in [0.5, 0.6) is 0 Å². The molecule has 40 heavy (non-hydrogen) atoms. The quantitative estimate of drug-likeness (QED) is 0.224. The predicted octanol–water partition coefficient (Wildman–Crippen LogP) is 4.64. The van der Waals surface area contributed by atoms with Crippen LogP contribution in [0.1, 0.15) is 36.7 Å². The van der Waals surface area contributed by atoms with Crippen LogP contribution in [0.25, 0.3) is 27.6 Å². The molecule has 4 aromatic rings. The lowest BCUT2D eigenvalue weighted by Gasteiger charge is -2.19. The second-order valence-corrected chi connectivity index (χ2v) is 10.2. The third-order valence-electron chi connectivity index (χ3n) is 5.81. The van der Waals surface area contributed by atoms with Gasteiger partial charge in [0.2, 0.25) is 0 Å². The number of benzene rings is 2. The molecular weight excluding hydrogens is 529 g/mol. The minimum absolute atomic E-state index is 0.162. The molecule has 12 heteroatoms. The van der Waals surface area contributed by atoms with E-state index < -0.39 is 23.3 Å². The highest BCUT2D eigenvalue weighted by atomic mass is 19.4. The number of hydrogen-bond donors (Lipinski definition) is 1. The average molecular weight is 561 g/mol. The average Bonchev–Trinajstić information content (AvgIpc) is 3.38. The molecule has 2 aromatic carbocycles. The Morgan fingerprint density at radius 2 is 1.65 bits per heavy atom. The molecule has 1 amide bonds. The molecule has 0 bridgehead atoms. The van der Waals surface area contributed by atoms with Crippen molar-refractivity contribution in [2.75, 3.05) is 33.0 Å². The molecule has 0 unspecified atom stereocenters. The van der Waals surface area contributed by atoms with E-state index in [0.29, 0.717) is 22.4 Å². The van der Waals surface area contributed by atoms with E-state index in [0.717, 1.165) is 22.9 Å². The normalized spacial score (nSPS) is 12.3. The molecule has 0 radical (unpaired) electrons. The second-order valence-electron chi connectivity index (χ2n) is 10.2. The number of fused-ring (bicyclic) bond motifs is 3. The minimum atomic E-state index is -4.43. The zero-order valence-electron chi connectivity index (χ0n) is 22.7. The Bertz CT molecular complexity index is 1500. The Kier molecular flexibility index (Phi) is 8.50. The number of nitrogens with one attached hydrogen (secondary N) is 1. The fourth-order valence-electron chi connectivity index (χ4n) is 4.18. The summed E-state index contributed by atoms with van der Waals surface area (Å²) in [4.78, 5) is 24.4. The largest absolute Gasteiger partial charge is 0.458 e. The molecule has 0 fully saturated rings. The summed E-state index contributed by atoms with van der Waals surface area (Å²) in [6, 6.07) is 10.0. The second kappa shape index (κ2) is 11.7. The molecule has 9 nitrogen and oxygen atoms in total. The lowest BCUT2D eigenvalue weighted by Crippen LogP contribution is -2.28. The number of alkyl halides is 3. The van der Waals surface area contributed by atoms with Crippen LogP contribution < -0.4 is 5.32 Å². The molecule has 0 saturated carbocycles. The number of nitrogens with zero attached hydrogens (tertiary/aromatic N) is 3. The molecule has 0 spiro atoms. The van der Waals surface area contributed by atoms with Gasteiger partial charge in [-0.15, -0.1) is 0 Å². The maximum Gasteiger partial charge on any atom is 0.416 e. The SMILES string of the molecule is Cn1cc2c3cc(C(=O)NCCOCCOCC(=O)OC(C)(C)C)ccc3n(-c3ccc(C(F)(F)F)cc3)c2n1. The van der Waals surface area contributed by atoms with Crippen molar-refractivity contribution in [3.63, 3.8) is 0 Å². The van der Waals surface area contributed by atoms with Gasteiger partial charge in [0.15, 0.2) is 5.65 Å². The first kappa shape index (κ1) is 29.1. The highest BCUT2D eigenvalue weighted by Gasteiger charge is 2.30. The highest BCUT2D eigenvalue weighted by molar-refractivity contribution is 6.10. The minimum Gasteiger partial charge on any atom is -0.458 e. The fourth-order valence-corrected chi connectivity index (χ4v) is 4.18. The van der Waals surface area contributed by atoms with Crippen LogP contribution in [-0.4, -0.2) is 64.8 Å². The third-order valence-corrected chi connectivity index (χ3v) is 5.81. The maximum absolute atomic E-state index is 13.1. The van der Waals surface area contributed by atoms with Crippen molar-refractivity contribution in [3.05, 3.63) is 59.8 Å². The lowest BCUT2D eigenvalue weighted by atomic mass is 10.1. The Hall–Kier alpha value is -3.90. The van der Waals surface area contributed by atoms with E-state index in [2.05, 4.69) is 10.4 Å². The first-order chi connectivity index (χ1) is 18.8. The molecule has 2 aromatic heterocycles. The molecule has 214 valence electrons. The third kappa shape index (κ3) is 6.99. The molecule has 1 N–H and O–H groups in total. The van der Waals surface area contributed by atoms with Gasteiger partial charge in [-0.1, -0.05) is 0 Å². The summed E-state index contributed by atoms with van der Waals surface area (Å²) in [5.41, 5.74) is 0.918. The fraction of sp³-hybridized carbons (Fsp3) is 0.393. The standard InChI is InChI=1S/C28H31F3N4O5/c1-27(2,3)40-24(36)17-39-14-13-38-12-11-32-26(37)18-5-10-23-21(15-18)22-16-34(4)33-25(22)35(23)20-8-6-19(7-9-20)28(29,30)31/h5-10,15-16H,11-14,17H2,1-4H3,(H,32,37). The van der Waals surface area contributed by atoms with Crippen molar-refractivity contribution in [1.82, 2.24) is 19.7 Å². The van der Waals surface area contributed by atoms with E-state index in [1.165, 1.54) is 12.1 Å². The van der Waals surface area contributed by atoms with Crippen molar-refractivity contribution in [2.45, 2.75) is 32.5 Å². The van der Waals surface area contributed by atoms with Crippen LogP contribution in [0.2, 0.25) is 0 Å². The summed E-state index contributed by atoms with van der Waals surface area (Å²) in [6.45, 7) is 6.14. The summed E-state index contributed by atoms with van der Waals surface area (Å²) in [5.74, 6) is -0.749. The van der Waals surface area contributed by atoms with Gasteiger partial charge in [-0.2, -0.15) is 18.3 Å². The van der Waals surface area contributed by atoms with E-state index >= 15 is 0 Å². The van der Waals surface area contributed by atoms with E-state index in [9.17, 15) is 22.8 Å². The number of amides is 1. The van der Waals surface area contributed by atoms with Gasteiger partial charge >= 0.3 is 12.1 Å². The van der Waals surface area contributed by atoms with Crippen LogP contribution in [0.4, 0.5) is 13.2 Å². The number of carbonyl (C=O) groups is 2. The molecule has 4 rings (SSSR count). The molecule has 0 aliphatic carbocycles.